The highest BCUT2D eigenvalue weighted by molar-refractivity contribution is 6.33. The molecule has 3 saturated heterocycles. The van der Waals surface area contributed by atoms with E-state index in [0.29, 0.717) is 40.9 Å². The Morgan fingerprint density at radius 3 is 2.80 bits per heavy atom. The van der Waals surface area contributed by atoms with E-state index >= 15 is 4.39 Å². The number of rotatable bonds is 3. The summed E-state index contributed by atoms with van der Waals surface area (Å²) in [6.07, 6.45) is 13.2. The number of nitrogens with zero attached hydrogens (tertiary/aromatic N) is 6. The monoisotopic (exact) mass is 645 g/mol. The van der Waals surface area contributed by atoms with Crippen LogP contribution in [0.2, 0.25) is 5.02 Å². The van der Waals surface area contributed by atoms with Crippen LogP contribution in [0.1, 0.15) is 76.2 Å². The molecule has 11 heteroatoms. The van der Waals surface area contributed by atoms with Gasteiger partial charge in [-0.15, -0.1) is 0 Å². The van der Waals surface area contributed by atoms with E-state index in [-0.39, 0.29) is 34.1 Å². The average molecular weight is 646 g/mol. The van der Waals surface area contributed by atoms with Crippen LogP contribution in [0.4, 0.5) is 10.2 Å². The summed E-state index contributed by atoms with van der Waals surface area (Å²) in [5, 5.41) is 9.37. The molecule has 0 spiro atoms. The molecule has 1 aliphatic carbocycles. The van der Waals surface area contributed by atoms with E-state index in [9.17, 15) is 0 Å². The lowest BCUT2D eigenvalue weighted by atomic mass is 9.82. The van der Waals surface area contributed by atoms with E-state index in [1.165, 1.54) is 12.8 Å². The first kappa shape index (κ1) is 29.1. The van der Waals surface area contributed by atoms with Gasteiger partial charge in [0.1, 0.15) is 23.6 Å². The second-order valence-corrected chi connectivity index (χ2v) is 15.2. The van der Waals surface area contributed by atoms with Crippen LogP contribution in [0.5, 0.6) is 6.01 Å². The van der Waals surface area contributed by atoms with Crippen LogP contribution in [0.25, 0.3) is 33.1 Å². The predicted octanol–water partition coefficient (Wildman–Crippen LogP) is 6.89. The summed E-state index contributed by atoms with van der Waals surface area (Å²) in [6.45, 7) is 8.03. The Hall–Kier alpha value is -3.08. The number of nitrogens with one attached hydrogen (secondary N) is 1. The van der Waals surface area contributed by atoms with Crippen LogP contribution in [-0.4, -0.2) is 81.6 Å². The summed E-state index contributed by atoms with van der Waals surface area (Å²) in [5.41, 5.74) is 2.91. The zero-order chi connectivity index (χ0) is 31.0. The van der Waals surface area contributed by atoms with Crippen molar-refractivity contribution in [1.82, 2.24) is 30.0 Å². The number of anilines is 1. The molecule has 46 heavy (non-hydrogen) atoms. The summed E-state index contributed by atoms with van der Waals surface area (Å²) in [4.78, 5) is 19.5. The Morgan fingerprint density at radius 2 is 1.93 bits per heavy atom. The zero-order valence-electron chi connectivity index (χ0n) is 26.5. The van der Waals surface area contributed by atoms with E-state index < -0.39 is 5.82 Å². The highest BCUT2D eigenvalue weighted by atomic mass is 35.5. The number of hydrogen-bond donors (Lipinski definition) is 1. The number of ether oxygens (including phenoxy) is 2. The first-order valence-electron chi connectivity index (χ1n) is 17.1. The molecule has 1 saturated carbocycles. The number of hydrogen-bond acceptors (Lipinski definition) is 8. The second-order valence-electron chi connectivity index (χ2n) is 14.8. The average Bonchev–Trinajstić information content (AvgIpc) is 3.31. The lowest BCUT2D eigenvalue weighted by Crippen LogP contribution is -2.45. The molecule has 4 aromatic rings. The lowest BCUT2D eigenvalue weighted by Gasteiger charge is -2.41. The molecule has 10 rings (SSSR count). The van der Waals surface area contributed by atoms with Gasteiger partial charge < -0.3 is 14.4 Å². The van der Waals surface area contributed by atoms with E-state index in [1.54, 1.807) is 12.4 Å². The molecule has 3 aromatic heterocycles. The van der Waals surface area contributed by atoms with E-state index in [0.717, 1.165) is 94.2 Å². The Kier molecular flexibility index (Phi) is 6.95. The molecule has 1 N–H and O–H groups in total. The molecule has 3 atom stereocenters. The topological polar surface area (TPSA) is 92.3 Å². The fourth-order valence-corrected chi connectivity index (χ4v) is 9.50. The van der Waals surface area contributed by atoms with Gasteiger partial charge in [0.15, 0.2) is 5.82 Å². The number of halogens is 2. The van der Waals surface area contributed by atoms with Gasteiger partial charge in [-0.2, -0.15) is 15.1 Å². The lowest BCUT2D eigenvalue weighted by molar-refractivity contribution is 0.0420. The smallest absolute Gasteiger partial charge is 0.319 e. The fraction of sp³-hybridized carbons (Fsp3) is 0.600. The minimum absolute atomic E-state index is 0.0249. The van der Waals surface area contributed by atoms with Crippen LogP contribution in [-0.2, 0) is 4.74 Å². The summed E-state index contributed by atoms with van der Waals surface area (Å²) >= 11 is 7.00. The molecule has 242 valence electrons. The Balaban J connectivity index is 1.22. The van der Waals surface area contributed by atoms with Gasteiger partial charge in [0.05, 0.1) is 29.2 Å². The van der Waals surface area contributed by atoms with Gasteiger partial charge in [0.25, 0.3) is 0 Å². The molecular weight excluding hydrogens is 605 g/mol. The summed E-state index contributed by atoms with van der Waals surface area (Å²) in [5.74, 6) is 0.922. The van der Waals surface area contributed by atoms with Gasteiger partial charge in [-0.1, -0.05) is 18.5 Å². The molecule has 0 radical (unpaired) electrons. The van der Waals surface area contributed by atoms with Crippen LogP contribution in [0.15, 0.2) is 18.5 Å². The summed E-state index contributed by atoms with van der Waals surface area (Å²) in [6, 6.07) is 2.15. The standard InChI is InChI=1S/C35H41ClFN7O2/c1-34-7-3-10-43(18-34)32-24-16-38-31(29(37)30(24)40-33(41-32)46-20-35-8-4-11-44(35)12-5-9-35)28-23-17-39-42-26(23)15-25(36)27(28)22-14-21(22)6-2-13-45-19-34/h15-17,21-22H,2-14,18-20H2,1H3,(H,39,42)/t21-,22+,34-/m1/s1. The number of aromatic nitrogens is 5. The fourth-order valence-electron chi connectivity index (χ4n) is 9.15. The normalized spacial score (nSPS) is 27.6. The van der Waals surface area contributed by atoms with Crippen molar-refractivity contribution < 1.29 is 13.9 Å². The first-order valence-corrected chi connectivity index (χ1v) is 17.5. The Bertz CT molecular complexity index is 1820. The van der Waals surface area contributed by atoms with E-state index in [4.69, 9.17) is 36.0 Å². The maximum atomic E-state index is 17.2. The molecule has 1 aromatic carbocycles. The minimum Gasteiger partial charge on any atom is -0.461 e. The molecule has 5 aliphatic heterocycles. The van der Waals surface area contributed by atoms with Gasteiger partial charge in [-0.05, 0) is 94.3 Å². The molecule has 0 amide bonds. The molecule has 6 bridgehead atoms. The summed E-state index contributed by atoms with van der Waals surface area (Å²) in [7, 11) is 0. The number of fused-ring (bicyclic) bond motifs is 7. The van der Waals surface area contributed by atoms with Crippen molar-refractivity contribution in [1.29, 1.82) is 0 Å². The maximum absolute atomic E-state index is 17.2. The van der Waals surface area contributed by atoms with Gasteiger partial charge in [0, 0.05) is 47.3 Å². The molecule has 4 fully saturated rings. The van der Waals surface area contributed by atoms with Gasteiger partial charge >= 0.3 is 6.01 Å². The predicted molar refractivity (Wildman–Crippen MR) is 176 cm³/mol. The van der Waals surface area contributed by atoms with Crippen LogP contribution in [0, 0.1) is 17.2 Å². The molecule has 0 unspecified atom stereocenters. The van der Waals surface area contributed by atoms with Crippen molar-refractivity contribution in [3.63, 3.8) is 0 Å². The zero-order valence-corrected chi connectivity index (χ0v) is 27.2. The van der Waals surface area contributed by atoms with Crippen molar-refractivity contribution in [2.75, 3.05) is 50.9 Å². The van der Waals surface area contributed by atoms with Crippen LogP contribution < -0.4 is 9.64 Å². The third-order valence-electron chi connectivity index (χ3n) is 11.6. The quantitative estimate of drug-likeness (QED) is 0.258. The minimum atomic E-state index is -0.469. The van der Waals surface area contributed by atoms with Gasteiger partial charge in [-0.25, -0.2) is 4.39 Å². The van der Waals surface area contributed by atoms with Crippen molar-refractivity contribution >= 4 is 39.2 Å². The van der Waals surface area contributed by atoms with Crippen LogP contribution >= 0.6 is 11.6 Å². The molecule has 6 aliphatic rings. The summed E-state index contributed by atoms with van der Waals surface area (Å²) < 4.78 is 30.0. The number of H-pyrrole nitrogens is 1. The highest BCUT2D eigenvalue weighted by Crippen LogP contribution is 2.56. The largest absolute Gasteiger partial charge is 0.461 e. The first-order chi connectivity index (χ1) is 22.4. The molecular formula is C35H41ClFN7O2. The Morgan fingerprint density at radius 1 is 1.09 bits per heavy atom. The van der Waals surface area contributed by atoms with Crippen molar-refractivity contribution in [2.45, 2.75) is 76.2 Å². The van der Waals surface area contributed by atoms with Crippen molar-refractivity contribution in [3.05, 3.63) is 34.9 Å². The SMILES string of the molecule is C[C@@]12CCCN(C1)c1nc(OCC34CCCN3CCC4)nc3c(F)c(ncc13)-c1c(c(Cl)cc3[nH]ncc13)[C@H]1C[C@H]1CCCOC2. The van der Waals surface area contributed by atoms with E-state index in [2.05, 4.69) is 26.9 Å². The maximum Gasteiger partial charge on any atom is 0.319 e. The highest BCUT2D eigenvalue weighted by Gasteiger charge is 2.45. The third-order valence-corrected chi connectivity index (χ3v) is 11.9. The van der Waals surface area contributed by atoms with E-state index in [1.807, 2.05) is 6.07 Å². The second kappa shape index (κ2) is 11.0. The third kappa shape index (κ3) is 4.77. The molecule has 8 heterocycles. The van der Waals surface area contributed by atoms with Crippen molar-refractivity contribution in [2.24, 2.45) is 11.3 Å². The van der Waals surface area contributed by atoms with Crippen LogP contribution in [0.3, 0.4) is 0 Å². The van der Waals surface area contributed by atoms with Gasteiger partial charge in [-0.3, -0.25) is 15.0 Å². The number of piperidine rings is 1. The van der Waals surface area contributed by atoms with Gasteiger partial charge in [0.2, 0.25) is 0 Å². The number of pyridine rings is 1. The number of benzene rings is 1. The molecule has 9 nitrogen and oxygen atoms in total. The van der Waals surface area contributed by atoms with Crippen molar-refractivity contribution in [3.8, 4) is 17.3 Å². The number of aromatic amines is 1. The Labute approximate surface area is 273 Å².